The number of benzene rings is 1. The number of methoxy groups -OCH3 is 1. The van der Waals surface area contributed by atoms with Gasteiger partial charge in [-0.05, 0) is 43.3 Å². The van der Waals surface area contributed by atoms with Crippen molar-refractivity contribution in [3.63, 3.8) is 0 Å². The van der Waals surface area contributed by atoms with E-state index in [-0.39, 0.29) is 0 Å². The lowest BCUT2D eigenvalue weighted by molar-refractivity contribution is 0.415. The van der Waals surface area contributed by atoms with Crippen molar-refractivity contribution in [3.8, 4) is 23.1 Å². The topological polar surface area (TPSA) is 45.9 Å². The van der Waals surface area contributed by atoms with Gasteiger partial charge in [0.2, 0.25) is 0 Å². The minimum atomic E-state index is 0.613. The van der Waals surface area contributed by atoms with Crippen LogP contribution in [0.5, 0.6) is 5.75 Å². The molecule has 3 heteroatoms. The Kier molecular flexibility index (Phi) is 3.06. The Morgan fingerprint density at radius 2 is 1.82 bits per heavy atom. The molecule has 2 aromatic rings. The Balaban J connectivity index is 2.40. The lowest BCUT2D eigenvalue weighted by Crippen LogP contribution is -1.91. The van der Waals surface area contributed by atoms with Gasteiger partial charge in [0.05, 0.1) is 24.1 Å². The maximum absolute atomic E-state index is 8.84. The van der Waals surface area contributed by atoms with Crippen LogP contribution in [0.25, 0.3) is 11.3 Å². The summed E-state index contributed by atoms with van der Waals surface area (Å²) in [5, 5.41) is 8.84. The van der Waals surface area contributed by atoms with Gasteiger partial charge in [-0.3, -0.25) is 4.98 Å². The van der Waals surface area contributed by atoms with Crippen LogP contribution < -0.4 is 4.74 Å². The van der Waals surface area contributed by atoms with Crippen molar-refractivity contribution in [2.24, 2.45) is 0 Å². The van der Waals surface area contributed by atoms with Gasteiger partial charge in [0.15, 0.2) is 0 Å². The third kappa shape index (κ3) is 2.26. The molecule has 0 unspecified atom stereocenters. The minimum Gasteiger partial charge on any atom is -0.497 e. The average molecular weight is 224 g/mol. The van der Waals surface area contributed by atoms with E-state index in [0.29, 0.717) is 5.56 Å². The molecule has 2 rings (SSSR count). The quantitative estimate of drug-likeness (QED) is 0.787. The molecule has 0 bridgehead atoms. The van der Waals surface area contributed by atoms with Gasteiger partial charge in [-0.1, -0.05) is 0 Å². The molecule has 1 aromatic heterocycles. The first-order chi connectivity index (χ1) is 8.24. The Hall–Kier alpha value is -2.34. The maximum atomic E-state index is 8.84. The molecule has 0 aliphatic heterocycles. The van der Waals surface area contributed by atoms with E-state index in [0.717, 1.165) is 22.7 Å². The number of aryl methyl sites for hydroxylation is 1. The third-order valence-corrected chi connectivity index (χ3v) is 2.59. The van der Waals surface area contributed by atoms with Crippen molar-refractivity contribution in [2.75, 3.05) is 7.11 Å². The number of ether oxygens (including phenoxy) is 1. The van der Waals surface area contributed by atoms with E-state index in [1.165, 1.54) is 0 Å². The molecule has 0 saturated carbocycles. The number of pyridine rings is 1. The predicted octanol–water partition coefficient (Wildman–Crippen LogP) is 2.94. The number of rotatable bonds is 2. The molecule has 0 amide bonds. The normalized spacial score (nSPS) is 9.71. The second-order valence-electron chi connectivity index (χ2n) is 3.67. The lowest BCUT2D eigenvalue weighted by Gasteiger charge is -2.04. The highest BCUT2D eigenvalue weighted by molar-refractivity contribution is 5.61. The summed E-state index contributed by atoms with van der Waals surface area (Å²) in [6.45, 7) is 1.84. The summed E-state index contributed by atoms with van der Waals surface area (Å²) < 4.78 is 5.10. The van der Waals surface area contributed by atoms with E-state index in [1.54, 1.807) is 13.2 Å². The van der Waals surface area contributed by atoms with Crippen molar-refractivity contribution in [1.29, 1.82) is 5.26 Å². The number of hydrogen-bond donors (Lipinski definition) is 0. The van der Waals surface area contributed by atoms with Crippen LogP contribution in [-0.4, -0.2) is 12.1 Å². The van der Waals surface area contributed by atoms with Gasteiger partial charge in [-0.15, -0.1) is 0 Å². The predicted molar refractivity (Wildman–Crippen MR) is 65.7 cm³/mol. The summed E-state index contributed by atoms with van der Waals surface area (Å²) in [6, 6.07) is 13.4. The zero-order valence-electron chi connectivity index (χ0n) is 9.77. The molecule has 0 aliphatic rings. The fourth-order valence-electron chi connectivity index (χ4n) is 1.60. The Morgan fingerprint density at radius 3 is 2.35 bits per heavy atom. The Bertz CT molecular complexity index is 568. The molecule has 0 spiro atoms. The fraction of sp³-hybridized carbons (Fsp3) is 0.143. The zero-order chi connectivity index (χ0) is 12.3. The third-order valence-electron chi connectivity index (χ3n) is 2.59. The molecule has 1 aromatic carbocycles. The van der Waals surface area contributed by atoms with Crippen LogP contribution in [0.1, 0.15) is 11.3 Å². The first-order valence-corrected chi connectivity index (χ1v) is 5.27. The lowest BCUT2D eigenvalue weighted by atomic mass is 10.1. The van der Waals surface area contributed by atoms with E-state index < -0.39 is 0 Å². The minimum absolute atomic E-state index is 0.613. The number of nitrogens with zero attached hydrogens (tertiary/aromatic N) is 2. The van der Waals surface area contributed by atoms with E-state index in [2.05, 4.69) is 11.1 Å². The average Bonchev–Trinajstić information content (AvgIpc) is 2.39. The van der Waals surface area contributed by atoms with Gasteiger partial charge in [-0.2, -0.15) is 5.26 Å². The van der Waals surface area contributed by atoms with Crippen LogP contribution in [0.15, 0.2) is 36.4 Å². The van der Waals surface area contributed by atoms with Gasteiger partial charge in [0.1, 0.15) is 11.8 Å². The highest BCUT2D eigenvalue weighted by atomic mass is 16.5. The SMILES string of the molecule is COc1ccc(-c2ccc(C#N)c(C)n2)cc1. The number of nitriles is 1. The van der Waals surface area contributed by atoms with Crippen LogP contribution in [0.2, 0.25) is 0 Å². The molecule has 1 heterocycles. The maximum Gasteiger partial charge on any atom is 0.118 e. The molecule has 0 aliphatic carbocycles. The summed E-state index contributed by atoms with van der Waals surface area (Å²) >= 11 is 0. The summed E-state index contributed by atoms with van der Waals surface area (Å²) in [4.78, 5) is 4.41. The van der Waals surface area contributed by atoms with Crippen LogP contribution in [0.4, 0.5) is 0 Å². The Morgan fingerprint density at radius 1 is 1.12 bits per heavy atom. The van der Waals surface area contributed by atoms with Crippen molar-refractivity contribution >= 4 is 0 Å². The molecule has 0 N–H and O–H groups in total. The number of aromatic nitrogens is 1. The van der Waals surface area contributed by atoms with Gasteiger partial charge in [-0.25, -0.2) is 0 Å². The second kappa shape index (κ2) is 4.67. The van der Waals surface area contributed by atoms with E-state index >= 15 is 0 Å². The van der Waals surface area contributed by atoms with Gasteiger partial charge < -0.3 is 4.74 Å². The molecule has 17 heavy (non-hydrogen) atoms. The standard InChI is InChI=1S/C14H12N2O/c1-10-12(9-15)5-8-14(16-10)11-3-6-13(17-2)7-4-11/h3-8H,1-2H3. The van der Waals surface area contributed by atoms with Crippen molar-refractivity contribution in [1.82, 2.24) is 4.98 Å². The highest BCUT2D eigenvalue weighted by Crippen LogP contribution is 2.21. The summed E-state index contributed by atoms with van der Waals surface area (Å²) in [5.41, 5.74) is 3.24. The molecule has 0 saturated heterocycles. The molecular formula is C14H12N2O. The monoisotopic (exact) mass is 224 g/mol. The van der Waals surface area contributed by atoms with Gasteiger partial charge >= 0.3 is 0 Å². The summed E-state index contributed by atoms with van der Waals surface area (Å²) in [7, 11) is 1.64. The Labute approximate surface area is 100 Å². The first-order valence-electron chi connectivity index (χ1n) is 5.27. The van der Waals surface area contributed by atoms with Crippen molar-refractivity contribution < 1.29 is 4.74 Å². The number of hydrogen-bond acceptors (Lipinski definition) is 3. The summed E-state index contributed by atoms with van der Waals surface area (Å²) in [6.07, 6.45) is 0. The molecular weight excluding hydrogens is 212 g/mol. The molecule has 3 nitrogen and oxygen atoms in total. The van der Waals surface area contributed by atoms with Crippen LogP contribution in [-0.2, 0) is 0 Å². The smallest absolute Gasteiger partial charge is 0.118 e. The summed E-state index contributed by atoms with van der Waals surface area (Å²) in [5.74, 6) is 0.819. The fourth-order valence-corrected chi connectivity index (χ4v) is 1.60. The molecule has 0 atom stereocenters. The van der Waals surface area contributed by atoms with Crippen molar-refractivity contribution in [3.05, 3.63) is 47.7 Å². The molecule has 84 valence electrons. The first kappa shape index (κ1) is 11.2. The van der Waals surface area contributed by atoms with Crippen LogP contribution >= 0.6 is 0 Å². The van der Waals surface area contributed by atoms with E-state index in [9.17, 15) is 0 Å². The van der Waals surface area contributed by atoms with Gasteiger partial charge in [0, 0.05) is 5.56 Å². The molecule has 0 radical (unpaired) electrons. The second-order valence-corrected chi connectivity index (χ2v) is 3.67. The van der Waals surface area contributed by atoms with Gasteiger partial charge in [0.25, 0.3) is 0 Å². The van der Waals surface area contributed by atoms with E-state index in [1.807, 2.05) is 37.3 Å². The van der Waals surface area contributed by atoms with Crippen LogP contribution in [0, 0.1) is 18.3 Å². The highest BCUT2D eigenvalue weighted by Gasteiger charge is 2.03. The van der Waals surface area contributed by atoms with E-state index in [4.69, 9.17) is 10.00 Å². The van der Waals surface area contributed by atoms with Crippen molar-refractivity contribution in [2.45, 2.75) is 6.92 Å². The largest absolute Gasteiger partial charge is 0.497 e. The zero-order valence-corrected chi connectivity index (χ0v) is 9.77. The molecule has 0 fully saturated rings. The van der Waals surface area contributed by atoms with Crippen LogP contribution in [0.3, 0.4) is 0 Å².